The van der Waals surface area contributed by atoms with Gasteiger partial charge in [-0.2, -0.15) is 0 Å². The summed E-state index contributed by atoms with van der Waals surface area (Å²) in [6.07, 6.45) is 1.98. The van der Waals surface area contributed by atoms with Gasteiger partial charge in [0.05, 0.1) is 11.5 Å². The molecule has 0 aromatic heterocycles. The number of hydrogen-bond acceptors (Lipinski definition) is 4. The Morgan fingerprint density at radius 3 is 2.48 bits per heavy atom. The van der Waals surface area contributed by atoms with Gasteiger partial charge >= 0.3 is 0 Å². The second kappa shape index (κ2) is 8.41. The van der Waals surface area contributed by atoms with Crippen molar-refractivity contribution in [3.05, 3.63) is 66.2 Å². The second-order valence-corrected chi connectivity index (χ2v) is 8.13. The van der Waals surface area contributed by atoms with Gasteiger partial charge in [0.25, 0.3) is 0 Å². The number of sulfonamides is 1. The Morgan fingerprint density at radius 2 is 1.74 bits per heavy atom. The lowest BCUT2D eigenvalue weighted by molar-refractivity contribution is 0.306. The van der Waals surface area contributed by atoms with E-state index >= 15 is 0 Å². The molecule has 5 nitrogen and oxygen atoms in total. The van der Waals surface area contributed by atoms with Gasteiger partial charge in [0.15, 0.2) is 0 Å². The highest BCUT2D eigenvalue weighted by atomic mass is 32.2. The minimum Gasteiger partial charge on any atom is -0.493 e. The molecule has 0 radical (unpaired) electrons. The van der Waals surface area contributed by atoms with Crippen LogP contribution in [0.5, 0.6) is 5.75 Å². The van der Waals surface area contributed by atoms with Gasteiger partial charge in [0.2, 0.25) is 10.0 Å². The summed E-state index contributed by atoms with van der Waals surface area (Å²) in [6.45, 7) is 2.85. The van der Waals surface area contributed by atoms with E-state index in [2.05, 4.69) is 11.6 Å². The molecule has 0 aliphatic rings. The minimum atomic E-state index is -3.65. The lowest BCUT2D eigenvalue weighted by Crippen LogP contribution is -2.23. The molecular formula is C21H24N2O3S. The Bertz CT molecular complexity index is 1020. The van der Waals surface area contributed by atoms with E-state index in [1.54, 1.807) is 12.1 Å². The monoisotopic (exact) mass is 384 g/mol. The fourth-order valence-corrected chi connectivity index (χ4v) is 3.85. The van der Waals surface area contributed by atoms with Crippen molar-refractivity contribution in [3.63, 3.8) is 0 Å². The summed E-state index contributed by atoms with van der Waals surface area (Å²) in [6, 6.07) is 17.9. The van der Waals surface area contributed by atoms with Crippen molar-refractivity contribution in [1.82, 2.24) is 4.72 Å². The van der Waals surface area contributed by atoms with Gasteiger partial charge in [-0.1, -0.05) is 43.7 Å². The van der Waals surface area contributed by atoms with E-state index in [1.807, 2.05) is 36.4 Å². The van der Waals surface area contributed by atoms with Crippen LogP contribution in [0.3, 0.4) is 0 Å². The molecule has 0 atom stereocenters. The van der Waals surface area contributed by atoms with Crippen LogP contribution in [-0.2, 0) is 16.6 Å². The van der Waals surface area contributed by atoms with E-state index in [4.69, 9.17) is 10.5 Å². The molecule has 0 aliphatic heterocycles. The van der Waals surface area contributed by atoms with Crippen molar-refractivity contribution in [2.45, 2.75) is 31.2 Å². The zero-order valence-corrected chi connectivity index (χ0v) is 16.1. The summed E-state index contributed by atoms with van der Waals surface area (Å²) >= 11 is 0. The Kier molecular flexibility index (Phi) is 5.98. The Labute approximate surface area is 160 Å². The van der Waals surface area contributed by atoms with Gasteiger partial charge < -0.3 is 10.5 Å². The summed E-state index contributed by atoms with van der Waals surface area (Å²) in [5.74, 6) is 0.710. The van der Waals surface area contributed by atoms with Crippen LogP contribution in [0.4, 0.5) is 5.69 Å². The molecule has 3 aromatic carbocycles. The van der Waals surface area contributed by atoms with Crippen LogP contribution in [0.25, 0.3) is 10.8 Å². The predicted molar refractivity (Wildman–Crippen MR) is 109 cm³/mol. The number of anilines is 1. The molecule has 0 bridgehead atoms. The first-order valence-corrected chi connectivity index (χ1v) is 10.5. The Hall–Kier alpha value is -2.57. The SMILES string of the molecule is CCCCOc1ccc2ccccc2c1CNS(=O)(=O)c1ccc(N)cc1. The molecule has 0 saturated heterocycles. The van der Waals surface area contributed by atoms with E-state index in [1.165, 1.54) is 12.1 Å². The second-order valence-electron chi connectivity index (χ2n) is 6.36. The summed E-state index contributed by atoms with van der Waals surface area (Å²) in [4.78, 5) is 0.186. The normalized spacial score (nSPS) is 11.6. The van der Waals surface area contributed by atoms with Crippen LogP contribution in [-0.4, -0.2) is 15.0 Å². The van der Waals surface area contributed by atoms with Gasteiger partial charge in [-0.25, -0.2) is 13.1 Å². The first kappa shape index (κ1) is 19.2. The number of hydrogen-bond donors (Lipinski definition) is 2. The van der Waals surface area contributed by atoms with Crippen molar-refractivity contribution in [3.8, 4) is 5.75 Å². The quantitative estimate of drug-likeness (QED) is 0.453. The Balaban J connectivity index is 1.90. The summed E-state index contributed by atoms with van der Waals surface area (Å²) in [5, 5.41) is 2.02. The van der Waals surface area contributed by atoms with E-state index in [0.29, 0.717) is 18.0 Å². The third-order valence-electron chi connectivity index (χ3n) is 4.38. The Morgan fingerprint density at radius 1 is 1.00 bits per heavy atom. The first-order chi connectivity index (χ1) is 13.0. The van der Waals surface area contributed by atoms with Gasteiger partial charge in [0, 0.05) is 17.8 Å². The van der Waals surface area contributed by atoms with Crippen LogP contribution >= 0.6 is 0 Å². The van der Waals surface area contributed by atoms with Crippen LogP contribution in [0.1, 0.15) is 25.3 Å². The van der Waals surface area contributed by atoms with Crippen molar-refractivity contribution in [2.75, 3.05) is 12.3 Å². The lowest BCUT2D eigenvalue weighted by atomic mass is 10.0. The third-order valence-corrected chi connectivity index (χ3v) is 5.80. The fraction of sp³-hybridized carbons (Fsp3) is 0.238. The smallest absolute Gasteiger partial charge is 0.240 e. The standard InChI is InChI=1S/C21H24N2O3S/c1-2-3-14-26-21-13-8-16-6-4-5-7-19(16)20(21)15-23-27(24,25)18-11-9-17(22)10-12-18/h4-13,23H,2-3,14-15,22H2,1H3. The molecular weight excluding hydrogens is 360 g/mol. The minimum absolute atomic E-state index is 0.148. The van der Waals surface area contributed by atoms with Crippen LogP contribution < -0.4 is 15.2 Å². The summed E-state index contributed by atoms with van der Waals surface area (Å²) < 4.78 is 33.9. The first-order valence-electron chi connectivity index (χ1n) is 9.00. The van der Waals surface area contributed by atoms with Crippen LogP contribution in [0.2, 0.25) is 0 Å². The summed E-state index contributed by atoms with van der Waals surface area (Å²) in [7, 11) is -3.65. The molecule has 0 spiro atoms. The molecule has 0 heterocycles. The molecule has 0 amide bonds. The molecule has 3 aromatic rings. The van der Waals surface area contributed by atoms with Crippen molar-refractivity contribution in [2.24, 2.45) is 0 Å². The maximum absolute atomic E-state index is 12.6. The largest absolute Gasteiger partial charge is 0.493 e. The predicted octanol–water partition coefficient (Wildman–Crippen LogP) is 4.08. The number of ether oxygens (including phenoxy) is 1. The van der Waals surface area contributed by atoms with E-state index in [9.17, 15) is 8.42 Å². The van der Waals surface area contributed by atoms with Crippen molar-refractivity contribution in [1.29, 1.82) is 0 Å². The van der Waals surface area contributed by atoms with Gasteiger partial charge in [-0.3, -0.25) is 0 Å². The fourth-order valence-electron chi connectivity index (χ4n) is 2.86. The summed E-state index contributed by atoms with van der Waals surface area (Å²) in [5.41, 5.74) is 7.00. The zero-order valence-electron chi connectivity index (χ0n) is 15.3. The molecule has 3 rings (SSSR count). The van der Waals surface area contributed by atoms with Gasteiger partial charge in [-0.05, 0) is 47.5 Å². The average molecular weight is 385 g/mol. The lowest BCUT2D eigenvalue weighted by Gasteiger charge is -2.15. The zero-order chi connectivity index (χ0) is 19.3. The van der Waals surface area contributed by atoms with Crippen molar-refractivity contribution >= 4 is 26.5 Å². The van der Waals surface area contributed by atoms with E-state index < -0.39 is 10.0 Å². The maximum Gasteiger partial charge on any atom is 0.240 e. The molecule has 27 heavy (non-hydrogen) atoms. The number of benzene rings is 3. The molecule has 0 fully saturated rings. The van der Waals surface area contributed by atoms with Crippen LogP contribution in [0.15, 0.2) is 65.6 Å². The third kappa shape index (κ3) is 4.59. The average Bonchev–Trinajstić information content (AvgIpc) is 2.67. The molecule has 0 aliphatic carbocycles. The highest BCUT2D eigenvalue weighted by Crippen LogP contribution is 2.29. The van der Waals surface area contributed by atoms with E-state index in [0.717, 1.165) is 29.2 Å². The number of unbranched alkanes of at least 4 members (excludes halogenated alkanes) is 1. The number of fused-ring (bicyclic) bond motifs is 1. The molecule has 3 N–H and O–H groups in total. The number of rotatable bonds is 8. The van der Waals surface area contributed by atoms with Gasteiger partial charge in [0.1, 0.15) is 5.75 Å². The molecule has 142 valence electrons. The number of nitrogens with one attached hydrogen (secondary N) is 1. The van der Waals surface area contributed by atoms with E-state index in [-0.39, 0.29) is 11.4 Å². The number of nitrogen functional groups attached to an aromatic ring is 1. The topological polar surface area (TPSA) is 81.4 Å². The molecule has 0 saturated carbocycles. The van der Waals surface area contributed by atoms with Gasteiger partial charge in [-0.15, -0.1) is 0 Å². The highest BCUT2D eigenvalue weighted by Gasteiger charge is 2.16. The molecule has 6 heteroatoms. The highest BCUT2D eigenvalue weighted by molar-refractivity contribution is 7.89. The van der Waals surface area contributed by atoms with Crippen LogP contribution in [0, 0.1) is 0 Å². The number of nitrogens with two attached hydrogens (primary N) is 1. The molecule has 0 unspecified atom stereocenters. The van der Waals surface area contributed by atoms with Crippen molar-refractivity contribution < 1.29 is 13.2 Å². The maximum atomic E-state index is 12.6.